The van der Waals surface area contributed by atoms with Crippen molar-refractivity contribution >= 4 is 0 Å². The zero-order valence-corrected chi connectivity index (χ0v) is 6.02. The van der Waals surface area contributed by atoms with Gasteiger partial charge in [0.25, 0.3) is 0 Å². The van der Waals surface area contributed by atoms with Crippen LogP contribution >= 0.6 is 0 Å². The van der Waals surface area contributed by atoms with Gasteiger partial charge >= 0.3 is 0 Å². The molecular formula is C8H10N2. The highest BCUT2D eigenvalue weighted by Crippen LogP contribution is 2.16. The first-order valence-corrected chi connectivity index (χ1v) is 3.51. The molecule has 0 spiro atoms. The highest BCUT2D eigenvalue weighted by molar-refractivity contribution is 5.33. The molecule has 0 aliphatic carbocycles. The second-order valence-electron chi connectivity index (χ2n) is 2.70. The monoisotopic (exact) mass is 134 g/mol. The summed E-state index contributed by atoms with van der Waals surface area (Å²) in [5.41, 5.74) is 4.11. The normalized spacial score (nSPS) is 15.3. The number of fused-ring (bicyclic) bond motifs is 1. The molecule has 0 radical (unpaired) electrons. The third-order valence-electron chi connectivity index (χ3n) is 1.98. The summed E-state index contributed by atoms with van der Waals surface area (Å²) in [5, 5.41) is 3.29. The Labute approximate surface area is 60.3 Å². The van der Waals surface area contributed by atoms with Crippen LogP contribution in [0.5, 0.6) is 0 Å². The van der Waals surface area contributed by atoms with Gasteiger partial charge in [0.2, 0.25) is 0 Å². The number of hydrogen-bond donors (Lipinski definition) is 1. The molecule has 0 amide bonds. The summed E-state index contributed by atoms with van der Waals surface area (Å²) in [7, 11) is 0. The Morgan fingerprint density at radius 3 is 3.10 bits per heavy atom. The van der Waals surface area contributed by atoms with E-state index >= 15 is 0 Å². The van der Waals surface area contributed by atoms with Gasteiger partial charge in [0, 0.05) is 25.5 Å². The van der Waals surface area contributed by atoms with Crippen LogP contribution in [-0.4, -0.2) is 4.98 Å². The summed E-state index contributed by atoms with van der Waals surface area (Å²) < 4.78 is 0. The van der Waals surface area contributed by atoms with E-state index in [-0.39, 0.29) is 0 Å². The number of pyridine rings is 1. The van der Waals surface area contributed by atoms with E-state index in [0.717, 1.165) is 13.1 Å². The zero-order valence-electron chi connectivity index (χ0n) is 6.02. The van der Waals surface area contributed by atoms with E-state index in [2.05, 4.69) is 17.2 Å². The standard InChI is InChI=1S/C8H10N2/c1-6-2-9-3-7-4-10-5-8(6)7/h2-3,10H,4-5H2,1H3. The highest BCUT2D eigenvalue weighted by Gasteiger charge is 2.10. The number of aromatic nitrogens is 1. The van der Waals surface area contributed by atoms with Gasteiger partial charge in [-0.2, -0.15) is 0 Å². The first kappa shape index (κ1) is 5.86. The molecule has 10 heavy (non-hydrogen) atoms. The van der Waals surface area contributed by atoms with Gasteiger partial charge in [0.05, 0.1) is 0 Å². The van der Waals surface area contributed by atoms with Gasteiger partial charge in [0.15, 0.2) is 0 Å². The van der Waals surface area contributed by atoms with E-state index < -0.39 is 0 Å². The number of nitrogens with one attached hydrogen (secondary N) is 1. The van der Waals surface area contributed by atoms with Gasteiger partial charge in [-0.1, -0.05) is 0 Å². The van der Waals surface area contributed by atoms with Crippen LogP contribution in [0.15, 0.2) is 12.4 Å². The van der Waals surface area contributed by atoms with Crippen molar-refractivity contribution in [3.63, 3.8) is 0 Å². The fraction of sp³-hybridized carbons (Fsp3) is 0.375. The van der Waals surface area contributed by atoms with Crippen molar-refractivity contribution in [3.8, 4) is 0 Å². The van der Waals surface area contributed by atoms with E-state index in [4.69, 9.17) is 0 Å². The summed E-state index contributed by atoms with van der Waals surface area (Å²) in [6.45, 7) is 4.12. The average molecular weight is 134 g/mol. The van der Waals surface area contributed by atoms with Crippen LogP contribution in [0.1, 0.15) is 16.7 Å². The van der Waals surface area contributed by atoms with Crippen molar-refractivity contribution in [2.75, 3.05) is 0 Å². The molecule has 0 atom stereocenters. The summed E-state index contributed by atoms with van der Waals surface area (Å²) >= 11 is 0. The molecule has 0 aromatic carbocycles. The largest absolute Gasteiger partial charge is 0.309 e. The predicted molar refractivity (Wildman–Crippen MR) is 39.5 cm³/mol. The molecule has 0 saturated carbocycles. The molecule has 1 aromatic rings. The molecule has 2 heterocycles. The summed E-state index contributed by atoms with van der Waals surface area (Å²) in [6, 6.07) is 0. The lowest BCUT2D eigenvalue weighted by Gasteiger charge is -1.98. The minimum atomic E-state index is 0.990. The Kier molecular flexibility index (Phi) is 1.21. The minimum Gasteiger partial charge on any atom is -0.309 e. The van der Waals surface area contributed by atoms with Crippen LogP contribution in [0.3, 0.4) is 0 Å². The molecular weight excluding hydrogens is 124 g/mol. The van der Waals surface area contributed by atoms with Crippen molar-refractivity contribution < 1.29 is 0 Å². The van der Waals surface area contributed by atoms with Gasteiger partial charge in [0.1, 0.15) is 0 Å². The second kappa shape index (κ2) is 2.06. The summed E-state index contributed by atoms with van der Waals surface area (Å²) in [5.74, 6) is 0. The fourth-order valence-electron chi connectivity index (χ4n) is 1.38. The molecule has 52 valence electrons. The Hall–Kier alpha value is -0.890. The first-order valence-electron chi connectivity index (χ1n) is 3.51. The second-order valence-corrected chi connectivity index (χ2v) is 2.70. The molecule has 1 aromatic heterocycles. The van der Waals surface area contributed by atoms with Crippen molar-refractivity contribution in [2.45, 2.75) is 20.0 Å². The third kappa shape index (κ3) is 0.727. The summed E-state index contributed by atoms with van der Waals surface area (Å²) in [6.07, 6.45) is 3.87. The topological polar surface area (TPSA) is 24.9 Å². The smallest absolute Gasteiger partial charge is 0.0316 e. The lowest BCUT2D eigenvalue weighted by Crippen LogP contribution is -2.00. The molecule has 1 aliphatic rings. The SMILES string of the molecule is Cc1cncc2c1CNC2. The Balaban J connectivity index is 2.59. The van der Waals surface area contributed by atoms with Gasteiger partial charge in [-0.15, -0.1) is 0 Å². The van der Waals surface area contributed by atoms with Crippen LogP contribution in [-0.2, 0) is 13.1 Å². The molecule has 0 fully saturated rings. The molecule has 2 heteroatoms. The molecule has 2 rings (SSSR count). The van der Waals surface area contributed by atoms with Crippen molar-refractivity contribution in [1.82, 2.24) is 10.3 Å². The lowest BCUT2D eigenvalue weighted by molar-refractivity contribution is 0.763. The molecule has 1 aliphatic heterocycles. The van der Waals surface area contributed by atoms with Crippen molar-refractivity contribution in [2.24, 2.45) is 0 Å². The van der Waals surface area contributed by atoms with Crippen LogP contribution in [0.25, 0.3) is 0 Å². The molecule has 1 N–H and O–H groups in total. The Bertz CT molecular complexity index is 255. The van der Waals surface area contributed by atoms with Gasteiger partial charge < -0.3 is 5.32 Å². The number of aryl methyl sites for hydroxylation is 1. The number of rotatable bonds is 0. The van der Waals surface area contributed by atoms with E-state index in [1.807, 2.05) is 12.4 Å². The van der Waals surface area contributed by atoms with Crippen molar-refractivity contribution in [3.05, 3.63) is 29.1 Å². The first-order chi connectivity index (χ1) is 4.88. The molecule has 2 nitrogen and oxygen atoms in total. The fourth-order valence-corrected chi connectivity index (χ4v) is 1.38. The van der Waals surface area contributed by atoms with E-state index in [9.17, 15) is 0 Å². The molecule has 0 bridgehead atoms. The number of nitrogens with zero attached hydrogens (tertiary/aromatic N) is 1. The molecule has 0 unspecified atom stereocenters. The minimum absolute atomic E-state index is 0.990. The average Bonchev–Trinajstić information content (AvgIpc) is 2.36. The Morgan fingerprint density at radius 2 is 2.30 bits per heavy atom. The Morgan fingerprint density at radius 1 is 1.40 bits per heavy atom. The summed E-state index contributed by atoms with van der Waals surface area (Å²) in [4.78, 5) is 4.12. The van der Waals surface area contributed by atoms with Gasteiger partial charge in [-0.3, -0.25) is 4.98 Å². The van der Waals surface area contributed by atoms with Crippen LogP contribution < -0.4 is 5.32 Å². The van der Waals surface area contributed by atoms with Crippen LogP contribution in [0.4, 0.5) is 0 Å². The van der Waals surface area contributed by atoms with E-state index in [1.165, 1.54) is 16.7 Å². The van der Waals surface area contributed by atoms with E-state index in [1.54, 1.807) is 0 Å². The van der Waals surface area contributed by atoms with Gasteiger partial charge in [-0.05, 0) is 23.6 Å². The quantitative estimate of drug-likeness (QED) is 0.572. The lowest BCUT2D eigenvalue weighted by atomic mass is 10.1. The van der Waals surface area contributed by atoms with Crippen LogP contribution in [0.2, 0.25) is 0 Å². The highest BCUT2D eigenvalue weighted by atomic mass is 14.9. The van der Waals surface area contributed by atoms with Gasteiger partial charge in [-0.25, -0.2) is 0 Å². The van der Waals surface area contributed by atoms with Crippen LogP contribution in [0, 0.1) is 6.92 Å². The zero-order chi connectivity index (χ0) is 6.97. The maximum Gasteiger partial charge on any atom is 0.0316 e. The van der Waals surface area contributed by atoms with E-state index in [0.29, 0.717) is 0 Å². The maximum atomic E-state index is 4.12. The van der Waals surface area contributed by atoms with Crippen molar-refractivity contribution in [1.29, 1.82) is 0 Å². The molecule has 0 saturated heterocycles. The number of hydrogen-bond acceptors (Lipinski definition) is 2. The maximum absolute atomic E-state index is 4.12. The predicted octanol–water partition coefficient (Wildman–Crippen LogP) is 0.993. The third-order valence-corrected chi connectivity index (χ3v) is 1.98.